The van der Waals surface area contributed by atoms with Crippen LogP contribution in [0.3, 0.4) is 0 Å². The number of rotatable bonds is 8. The van der Waals surface area contributed by atoms with Crippen molar-refractivity contribution in [3.05, 3.63) is 71.8 Å². The third-order valence-corrected chi connectivity index (χ3v) is 3.80. The van der Waals surface area contributed by atoms with E-state index in [0.29, 0.717) is 11.3 Å². The maximum atomic E-state index is 12.4. The van der Waals surface area contributed by atoms with Crippen LogP contribution in [0.4, 0.5) is 10.5 Å². The predicted molar refractivity (Wildman–Crippen MR) is 110 cm³/mol. The minimum absolute atomic E-state index is 0.218. The Morgan fingerprint density at radius 1 is 1.00 bits per heavy atom. The monoisotopic (exact) mass is 396 g/mol. The summed E-state index contributed by atoms with van der Waals surface area (Å²) in [5.41, 5.74) is 1.83. The summed E-state index contributed by atoms with van der Waals surface area (Å²) in [6, 6.07) is 13.4. The quantitative estimate of drug-likeness (QED) is 0.399. The van der Waals surface area contributed by atoms with Crippen LogP contribution in [0.5, 0.6) is 5.75 Å². The Bertz CT molecular complexity index is 875. The molecule has 2 rings (SSSR count). The summed E-state index contributed by atoms with van der Waals surface area (Å²) in [6.45, 7) is 4.09. The number of allylic oxidation sites excluding steroid dienone is 1. The molecular weight excluding hydrogens is 372 g/mol. The van der Waals surface area contributed by atoms with E-state index in [1.165, 1.54) is 18.2 Å². The van der Waals surface area contributed by atoms with Gasteiger partial charge in [-0.2, -0.15) is 0 Å². The Morgan fingerprint density at radius 3 is 2.41 bits per heavy atom. The Morgan fingerprint density at radius 2 is 1.72 bits per heavy atom. The van der Waals surface area contributed by atoms with Crippen molar-refractivity contribution in [2.75, 3.05) is 11.9 Å². The molecule has 2 N–H and O–H groups in total. The first-order chi connectivity index (χ1) is 14.0. The van der Waals surface area contributed by atoms with Crippen LogP contribution in [-0.2, 0) is 16.1 Å². The predicted octanol–water partition coefficient (Wildman–Crippen LogP) is 4.06. The topological polar surface area (TPSA) is 93.7 Å². The van der Waals surface area contributed by atoms with E-state index < -0.39 is 6.16 Å². The highest BCUT2D eigenvalue weighted by Gasteiger charge is 2.10. The Hall–Kier alpha value is -3.61. The fourth-order valence-electron chi connectivity index (χ4n) is 2.39. The second kappa shape index (κ2) is 11.3. The van der Waals surface area contributed by atoms with Crippen molar-refractivity contribution in [3.8, 4) is 5.75 Å². The van der Waals surface area contributed by atoms with Crippen molar-refractivity contribution >= 4 is 23.7 Å². The number of hydrogen-bond acceptors (Lipinski definition) is 5. The lowest BCUT2D eigenvalue weighted by atomic mass is 10.1. The number of ether oxygens (including phenoxy) is 2. The largest absolute Gasteiger partial charge is 0.513 e. The molecule has 0 atom stereocenters. The highest BCUT2D eigenvalue weighted by molar-refractivity contribution is 6.00. The standard InChI is InChI=1S/C22H24N2O5/c1-3-5-10-20(25)24-19-9-7-6-8-17(19)15-23-21(26)16-11-13-18(14-12-16)29-22(27)28-4-2/h5-14H,3-4,15H2,1-2H3,(H,23,26)(H,24,25)/b10-5+. The van der Waals surface area contributed by atoms with Gasteiger partial charge < -0.3 is 20.1 Å². The smallest absolute Gasteiger partial charge is 0.434 e. The van der Waals surface area contributed by atoms with Gasteiger partial charge >= 0.3 is 6.16 Å². The molecule has 0 heterocycles. The van der Waals surface area contributed by atoms with Crippen LogP contribution < -0.4 is 15.4 Å². The lowest BCUT2D eigenvalue weighted by Crippen LogP contribution is -2.23. The van der Waals surface area contributed by atoms with Gasteiger partial charge in [-0.3, -0.25) is 9.59 Å². The molecule has 0 spiro atoms. The molecule has 2 aromatic carbocycles. The highest BCUT2D eigenvalue weighted by atomic mass is 16.7. The van der Waals surface area contributed by atoms with Crippen LogP contribution in [0.15, 0.2) is 60.7 Å². The Labute approximate surface area is 169 Å². The summed E-state index contributed by atoms with van der Waals surface area (Å²) in [7, 11) is 0. The molecule has 152 valence electrons. The summed E-state index contributed by atoms with van der Waals surface area (Å²) in [5, 5.41) is 5.62. The molecule has 0 saturated heterocycles. The SMILES string of the molecule is CC/C=C/C(=O)Nc1ccccc1CNC(=O)c1ccc(OC(=O)OCC)cc1. The van der Waals surface area contributed by atoms with Crippen molar-refractivity contribution < 1.29 is 23.9 Å². The fourth-order valence-corrected chi connectivity index (χ4v) is 2.39. The molecule has 2 amide bonds. The average Bonchev–Trinajstić information content (AvgIpc) is 2.72. The van der Waals surface area contributed by atoms with Crippen LogP contribution in [0.1, 0.15) is 36.2 Å². The highest BCUT2D eigenvalue weighted by Crippen LogP contribution is 2.16. The molecule has 0 aromatic heterocycles. The van der Waals surface area contributed by atoms with Gasteiger partial charge in [0.2, 0.25) is 5.91 Å². The van der Waals surface area contributed by atoms with Gasteiger partial charge in [0.1, 0.15) is 5.75 Å². The van der Waals surface area contributed by atoms with Crippen LogP contribution in [0.25, 0.3) is 0 Å². The zero-order valence-electron chi connectivity index (χ0n) is 16.4. The number of hydrogen-bond donors (Lipinski definition) is 2. The number of carbonyl (C=O) groups excluding carboxylic acids is 3. The van der Waals surface area contributed by atoms with E-state index in [1.54, 1.807) is 31.2 Å². The normalized spacial score (nSPS) is 10.4. The molecule has 0 bridgehead atoms. The van der Waals surface area contributed by atoms with Gasteiger partial charge in [0.05, 0.1) is 6.61 Å². The molecule has 0 radical (unpaired) electrons. The maximum Gasteiger partial charge on any atom is 0.513 e. The minimum atomic E-state index is -0.794. The number of para-hydroxylation sites is 1. The Balaban J connectivity index is 1.96. The second-order valence-corrected chi connectivity index (χ2v) is 5.95. The van der Waals surface area contributed by atoms with Crippen molar-refractivity contribution in [2.24, 2.45) is 0 Å². The van der Waals surface area contributed by atoms with Gasteiger partial charge in [0.15, 0.2) is 0 Å². The van der Waals surface area contributed by atoms with Crippen molar-refractivity contribution in [1.82, 2.24) is 5.32 Å². The fraction of sp³-hybridized carbons (Fsp3) is 0.227. The molecule has 0 saturated carbocycles. The van der Waals surface area contributed by atoms with Crippen molar-refractivity contribution in [1.29, 1.82) is 0 Å². The molecular formula is C22H24N2O5. The van der Waals surface area contributed by atoms with Crippen molar-refractivity contribution in [3.63, 3.8) is 0 Å². The number of nitrogens with one attached hydrogen (secondary N) is 2. The molecule has 0 aliphatic rings. The lowest BCUT2D eigenvalue weighted by Gasteiger charge is -2.11. The van der Waals surface area contributed by atoms with E-state index in [2.05, 4.69) is 10.6 Å². The zero-order valence-corrected chi connectivity index (χ0v) is 16.4. The third-order valence-electron chi connectivity index (χ3n) is 3.80. The molecule has 7 heteroatoms. The summed E-state index contributed by atoms with van der Waals surface area (Å²) in [4.78, 5) is 35.6. The summed E-state index contributed by atoms with van der Waals surface area (Å²) in [6.07, 6.45) is 3.23. The molecule has 0 fully saturated rings. The van der Waals surface area contributed by atoms with Gasteiger partial charge in [-0.05, 0) is 55.3 Å². The lowest BCUT2D eigenvalue weighted by molar-refractivity contribution is -0.111. The first-order valence-corrected chi connectivity index (χ1v) is 9.31. The van der Waals surface area contributed by atoms with E-state index in [1.807, 2.05) is 25.1 Å². The Kier molecular flexibility index (Phi) is 8.44. The molecule has 7 nitrogen and oxygen atoms in total. The van der Waals surface area contributed by atoms with E-state index in [-0.39, 0.29) is 30.7 Å². The summed E-state index contributed by atoms with van der Waals surface area (Å²) < 4.78 is 9.66. The molecule has 0 aliphatic heterocycles. The molecule has 29 heavy (non-hydrogen) atoms. The van der Waals surface area contributed by atoms with E-state index in [4.69, 9.17) is 9.47 Å². The first kappa shape index (κ1) is 21.7. The van der Waals surface area contributed by atoms with Crippen LogP contribution in [0.2, 0.25) is 0 Å². The minimum Gasteiger partial charge on any atom is -0.434 e. The molecule has 2 aromatic rings. The van der Waals surface area contributed by atoms with Crippen LogP contribution >= 0.6 is 0 Å². The van der Waals surface area contributed by atoms with Gasteiger partial charge in [-0.15, -0.1) is 0 Å². The van der Waals surface area contributed by atoms with Crippen LogP contribution in [-0.4, -0.2) is 24.6 Å². The zero-order chi connectivity index (χ0) is 21.1. The first-order valence-electron chi connectivity index (χ1n) is 9.31. The average molecular weight is 396 g/mol. The number of benzene rings is 2. The van der Waals surface area contributed by atoms with E-state index in [9.17, 15) is 14.4 Å². The summed E-state index contributed by atoms with van der Waals surface area (Å²) >= 11 is 0. The third kappa shape index (κ3) is 7.14. The molecule has 0 unspecified atom stereocenters. The second-order valence-electron chi connectivity index (χ2n) is 5.95. The number of anilines is 1. The van der Waals surface area contributed by atoms with Gasteiger partial charge in [0, 0.05) is 17.8 Å². The van der Waals surface area contributed by atoms with Gasteiger partial charge in [0.25, 0.3) is 5.91 Å². The van der Waals surface area contributed by atoms with Crippen LogP contribution in [0, 0.1) is 0 Å². The molecule has 0 aliphatic carbocycles. The van der Waals surface area contributed by atoms with E-state index in [0.717, 1.165) is 12.0 Å². The van der Waals surface area contributed by atoms with Crippen molar-refractivity contribution in [2.45, 2.75) is 26.8 Å². The maximum absolute atomic E-state index is 12.4. The number of amides is 2. The van der Waals surface area contributed by atoms with Gasteiger partial charge in [-0.1, -0.05) is 31.2 Å². The van der Waals surface area contributed by atoms with Gasteiger partial charge in [-0.25, -0.2) is 4.79 Å². The number of carbonyl (C=O) groups is 3. The van der Waals surface area contributed by atoms with E-state index >= 15 is 0 Å². The summed E-state index contributed by atoms with van der Waals surface area (Å²) in [5.74, 6) is -0.226.